The van der Waals surface area contributed by atoms with Crippen LogP contribution in [0, 0.1) is 0 Å². The third kappa shape index (κ3) is 3.57. The van der Waals surface area contributed by atoms with Gasteiger partial charge in [0.05, 0.1) is 27.1 Å². The third-order valence-corrected chi connectivity index (χ3v) is 7.20. The second-order valence-corrected chi connectivity index (χ2v) is 10.5. The monoisotopic (exact) mass is 417 g/mol. The van der Waals surface area contributed by atoms with Crippen LogP contribution in [-0.4, -0.2) is 48.8 Å². The first-order chi connectivity index (χ1) is 13.6. The summed E-state index contributed by atoms with van der Waals surface area (Å²) in [5.74, 6) is 0.302. The fourth-order valence-electron chi connectivity index (χ4n) is 3.91. The number of anilines is 1. The van der Waals surface area contributed by atoms with Gasteiger partial charge in [0, 0.05) is 25.4 Å². The van der Waals surface area contributed by atoms with Crippen molar-refractivity contribution in [3.8, 4) is 0 Å². The molecule has 9 heteroatoms. The number of pyridine rings is 1. The van der Waals surface area contributed by atoms with E-state index in [0.29, 0.717) is 23.7 Å². The average Bonchev–Trinajstić information content (AvgIpc) is 3.36. The van der Waals surface area contributed by atoms with Crippen LogP contribution < -0.4 is 10.0 Å². The molecule has 0 spiro atoms. The summed E-state index contributed by atoms with van der Waals surface area (Å²) in [5.41, 5.74) is 3.32. The number of carbonyl (C=O) groups excluding carboxylic acids is 2. The molecule has 1 unspecified atom stereocenters. The summed E-state index contributed by atoms with van der Waals surface area (Å²) in [6, 6.07) is 1.67. The molecule has 8 nitrogen and oxygen atoms in total. The van der Waals surface area contributed by atoms with Crippen LogP contribution in [0.25, 0.3) is 5.65 Å². The first kappa shape index (κ1) is 20.0. The first-order valence-corrected chi connectivity index (χ1v) is 11.1. The average molecular weight is 418 g/mol. The summed E-state index contributed by atoms with van der Waals surface area (Å²) < 4.78 is 13.3. The standard InChI is InChI=1S/C20H27N5O3S/c1-12(8-20(2,3)29(21)28)15-10-24-9-14(13-5-6-13)7-16(18(24)22-15)25-11-17(26)23(4)19(25)27/h7,9-10,12-13H,5-6,8,11,21H2,1-4H3/t12-,29?/m1/s1. The molecule has 2 N–H and O–H groups in total. The number of nitrogens with two attached hydrogens (primary N) is 1. The van der Waals surface area contributed by atoms with E-state index in [1.165, 1.54) is 11.9 Å². The maximum atomic E-state index is 12.6. The summed E-state index contributed by atoms with van der Waals surface area (Å²) in [6.45, 7) is 5.83. The second-order valence-electron chi connectivity index (χ2n) is 8.81. The minimum absolute atomic E-state index is 0.0239. The molecular weight excluding hydrogens is 390 g/mol. The van der Waals surface area contributed by atoms with Crippen molar-refractivity contribution in [2.75, 3.05) is 18.5 Å². The molecule has 0 bridgehead atoms. The number of likely N-dealkylation sites (N-methyl/N-ethyl adjacent to an activating group) is 1. The molecule has 1 aliphatic carbocycles. The van der Waals surface area contributed by atoms with Gasteiger partial charge in [0.25, 0.3) is 0 Å². The van der Waals surface area contributed by atoms with Crippen LogP contribution in [0.5, 0.6) is 0 Å². The number of imidazole rings is 1. The summed E-state index contributed by atoms with van der Waals surface area (Å²) in [6.07, 6.45) is 6.92. The Kier molecular flexibility index (Phi) is 4.77. The molecular formula is C20H27N5O3S. The van der Waals surface area contributed by atoms with Crippen molar-refractivity contribution in [2.24, 2.45) is 5.14 Å². The zero-order valence-corrected chi connectivity index (χ0v) is 18.0. The van der Waals surface area contributed by atoms with E-state index >= 15 is 0 Å². The number of imide groups is 1. The van der Waals surface area contributed by atoms with E-state index in [4.69, 9.17) is 10.1 Å². The molecule has 29 heavy (non-hydrogen) atoms. The Balaban J connectivity index is 1.76. The Morgan fingerprint density at radius 1 is 1.31 bits per heavy atom. The van der Waals surface area contributed by atoms with Crippen LogP contribution in [0.1, 0.15) is 63.1 Å². The second kappa shape index (κ2) is 6.91. The van der Waals surface area contributed by atoms with Gasteiger partial charge in [-0.15, -0.1) is 0 Å². The lowest BCUT2D eigenvalue weighted by molar-refractivity contribution is -0.123. The zero-order valence-electron chi connectivity index (χ0n) is 17.2. The lowest BCUT2D eigenvalue weighted by atomic mass is 9.96. The number of aromatic nitrogens is 2. The molecule has 2 aliphatic rings. The van der Waals surface area contributed by atoms with Crippen molar-refractivity contribution in [3.05, 3.63) is 29.7 Å². The lowest BCUT2D eigenvalue weighted by Gasteiger charge is -2.24. The molecule has 1 aliphatic heterocycles. The minimum Gasteiger partial charge on any atom is -0.305 e. The smallest absolute Gasteiger partial charge is 0.305 e. The molecule has 3 heterocycles. The molecule has 1 saturated heterocycles. The molecule has 2 atom stereocenters. The van der Waals surface area contributed by atoms with E-state index in [0.717, 1.165) is 29.0 Å². The predicted octanol–water partition coefficient (Wildman–Crippen LogP) is 2.50. The molecule has 3 amide bonds. The van der Waals surface area contributed by atoms with Crippen molar-refractivity contribution in [1.29, 1.82) is 0 Å². The van der Waals surface area contributed by atoms with Crippen molar-refractivity contribution in [2.45, 2.75) is 56.6 Å². The maximum absolute atomic E-state index is 12.6. The number of hydrogen-bond donors (Lipinski definition) is 1. The van der Waals surface area contributed by atoms with Gasteiger partial charge >= 0.3 is 6.03 Å². The van der Waals surface area contributed by atoms with E-state index in [2.05, 4.69) is 6.20 Å². The Hall–Kier alpha value is -2.26. The molecule has 2 fully saturated rings. The van der Waals surface area contributed by atoms with Crippen LogP contribution in [0.3, 0.4) is 0 Å². The number of amides is 3. The van der Waals surface area contributed by atoms with E-state index in [9.17, 15) is 13.8 Å². The number of rotatable bonds is 6. The summed E-state index contributed by atoms with van der Waals surface area (Å²) >= 11 is 0. The fraction of sp³-hybridized carbons (Fsp3) is 0.550. The van der Waals surface area contributed by atoms with Gasteiger partial charge in [-0.05, 0) is 50.7 Å². The zero-order chi connectivity index (χ0) is 21.1. The van der Waals surface area contributed by atoms with E-state index in [1.807, 2.05) is 37.4 Å². The van der Waals surface area contributed by atoms with Crippen molar-refractivity contribution in [1.82, 2.24) is 14.3 Å². The van der Waals surface area contributed by atoms with Crippen LogP contribution in [0.4, 0.5) is 10.5 Å². The van der Waals surface area contributed by atoms with Crippen molar-refractivity contribution in [3.63, 3.8) is 0 Å². The fourth-order valence-corrected chi connectivity index (χ4v) is 4.32. The molecule has 4 rings (SSSR count). The van der Waals surface area contributed by atoms with Crippen LogP contribution >= 0.6 is 0 Å². The molecule has 1 saturated carbocycles. The van der Waals surface area contributed by atoms with Gasteiger partial charge in [0.1, 0.15) is 6.54 Å². The number of hydrogen-bond acceptors (Lipinski definition) is 4. The Morgan fingerprint density at radius 2 is 2.00 bits per heavy atom. The lowest BCUT2D eigenvalue weighted by Crippen LogP contribution is -2.33. The van der Waals surface area contributed by atoms with Crippen LogP contribution in [-0.2, 0) is 15.8 Å². The van der Waals surface area contributed by atoms with Gasteiger partial charge in [-0.1, -0.05) is 6.92 Å². The Labute approximate surface area is 172 Å². The van der Waals surface area contributed by atoms with Crippen molar-refractivity contribution < 1.29 is 13.8 Å². The van der Waals surface area contributed by atoms with Gasteiger partial charge in [-0.25, -0.2) is 14.0 Å². The van der Waals surface area contributed by atoms with Crippen molar-refractivity contribution >= 4 is 34.3 Å². The van der Waals surface area contributed by atoms with E-state index in [1.54, 1.807) is 0 Å². The minimum atomic E-state index is -1.44. The first-order valence-electron chi connectivity index (χ1n) is 9.85. The molecule has 0 radical (unpaired) electrons. The highest BCUT2D eigenvalue weighted by Gasteiger charge is 2.37. The predicted molar refractivity (Wildman–Crippen MR) is 112 cm³/mol. The molecule has 2 aromatic heterocycles. The number of nitrogens with zero attached hydrogens (tertiary/aromatic N) is 4. The van der Waals surface area contributed by atoms with Gasteiger partial charge in [-0.2, -0.15) is 0 Å². The van der Waals surface area contributed by atoms with Gasteiger partial charge in [0.2, 0.25) is 5.91 Å². The highest BCUT2D eigenvalue weighted by molar-refractivity contribution is 7.84. The van der Waals surface area contributed by atoms with Crippen LogP contribution in [0.15, 0.2) is 18.5 Å². The van der Waals surface area contributed by atoms with Gasteiger partial charge in [0.15, 0.2) is 5.65 Å². The van der Waals surface area contributed by atoms with Gasteiger partial charge in [-0.3, -0.25) is 19.7 Å². The normalized spacial score (nSPS) is 20.0. The highest BCUT2D eigenvalue weighted by Crippen LogP contribution is 2.42. The number of carbonyl (C=O) groups is 2. The maximum Gasteiger partial charge on any atom is 0.331 e. The molecule has 0 aromatic carbocycles. The summed E-state index contributed by atoms with van der Waals surface area (Å²) in [4.78, 5) is 32.1. The third-order valence-electron chi connectivity index (χ3n) is 5.94. The Bertz CT molecular complexity index is 1030. The molecule has 2 aromatic rings. The topological polar surface area (TPSA) is 101 Å². The number of fused-ring (bicyclic) bond motifs is 1. The summed E-state index contributed by atoms with van der Waals surface area (Å²) in [5, 5.41) is 5.65. The van der Waals surface area contributed by atoms with Gasteiger partial charge < -0.3 is 4.40 Å². The SMILES string of the molecule is C[C@H](CC(C)(C)S(N)=O)c1cn2cc(C3CC3)cc(N3CC(=O)N(C)C3=O)c2n1. The van der Waals surface area contributed by atoms with E-state index in [-0.39, 0.29) is 24.4 Å². The molecule has 156 valence electrons. The highest BCUT2D eigenvalue weighted by atomic mass is 32.2. The van der Waals surface area contributed by atoms with Crippen LogP contribution in [0.2, 0.25) is 0 Å². The van der Waals surface area contributed by atoms with E-state index < -0.39 is 15.7 Å². The quantitative estimate of drug-likeness (QED) is 0.730. The Morgan fingerprint density at radius 3 is 2.55 bits per heavy atom. The largest absolute Gasteiger partial charge is 0.331 e. The number of urea groups is 1. The summed E-state index contributed by atoms with van der Waals surface area (Å²) in [7, 11) is 0.0615.